The van der Waals surface area contributed by atoms with Gasteiger partial charge in [-0.05, 0) is 12.8 Å². The molecule has 0 aliphatic heterocycles. The molecule has 0 aromatic heterocycles. The van der Waals surface area contributed by atoms with Crippen molar-refractivity contribution in [3.63, 3.8) is 0 Å². The van der Waals surface area contributed by atoms with Crippen molar-refractivity contribution < 1.29 is 18.3 Å². The maximum absolute atomic E-state index is 10.8. The molecule has 0 radical (unpaired) electrons. The monoisotopic (exact) mass is 179 g/mol. The van der Waals surface area contributed by atoms with E-state index in [-0.39, 0.29) is 0 Å². The third-order valence-electron chi connectivity index (χ3n) is 1.57. The summed E-state index contributed by atoms with van der Waals surface area (Å²) in [6, 6.07) is 0. The quantitative estimate of drug-likeness (QED) is 0.543. The molecule has 5 nitrogen and oxygen atoms in total. The average molecular weight is 179 g/mol. The van der Waals surface area contributed by atoms with Crippen LogP contribution in [-0.2, 0) is 14.8 Å². The highest BCUT2D eigenvalue weighted by Crippen LogP contribution is 2.35. The van der Waals surface area contributed by atoms with Crippen molar-refractivity contribution in [1.29, 1.82) is 0 Å². The van der Waals surface area contributed by atoms with Gasteiger partial charge in [-0.1, -0.05) is 0 Å². The summed E-state index contributed by atoms with van der Waals surface area (Å²) in [5, 5.41) is 13.7. The maximum Gasteiger partial charge on any atom is 0.216 e. The second kappa shape index (κ2) is 2.26. The van der Waals surface area contributed by atoms with Crippen molar-refractivity contribution in [3.05, 3.63) is 0 Å². The van der Waals surface area contributed by atoms with E-state index in [1.807, 2.05) is 0 Å². The normalized spacial score (nSPS) is 21.3. The summed E-state index contributed by atoms with van der Waals surface area (Å²) in [5.74, 6) is -1.45. The highest BCUT2D eigenvalue weighted by atomic mass is 32.2. The van der Waals surface area contributed by atoms with Crippen LogP contribution >= 0.6 is 0 Å². The first-order chi connectivity index (χ1) is 4.83. The average Bonchev–Trinajstić information content (AvgIpc) is 2.44. The van der Waals surface area contributed by atoms with E-state index in [9.17, 15) is 13.2 Å². The van der Waals surface area contributed by atoms with E-state index in [0.29, 0.717) is 12.8 Å². The summed E-state index contributed by atoms with van der Waals surface area (Å²) in [6.07, 6.45) is 0.697. The minimum absolute atomic E-state index is 0.349. The molecule has 64 valence electrons. The number of hydrogen-bond donors (Lipinski definition) is 2. The van der Waals surface area contributed by atoms with Gasteiger partial charge in [-0.2, -0.15) is 0 Å². The zero-order valence-corrected chi connectivity index (χ0v) is 6.60. The predicted octanol–water partition coefficient (Wildman–Crippen LogP) is -1.63. The maximum atomic E-state index is 10.8. The molecule has 3 N–H and O–H groups in total. The predicted molar refractivity (Wildman–Crippen MR) is 37.2 cm³/mol. The van der Waals surface area contributed by atoms with E-state index < -0.39 is 27.2 Å². The van der Waals surface area contributed by atoms with Crippen LogP contribution in [0.1, 0.15) is 12.8 Å². The fourth-order valence-corrected chi connectivity index (χ4v) is 1.35. The molecule has 0 aromatic carbocycles. The van der Waals surface area contributed by atoms with Gasteiger partial charge in [-0.3, -0.25) is 4.79 Å². The van der Waals surface area contributed by atoms with Crippen LogP contribution in [0.3, 0.4) is 0 Å². The Morgan fingerprint density at radius 2 is 2.00 bits per heavy atom. The van der Waals surface area contributed by atoms with Crippen molar-refractivity contribution in [2.24, 2.45) is 5.14 Å². The Bertz CT molecular complexity index is 277. The van der Waals surface area contributed by atoms with Gasteiger partial charge in [0, 0.05) is 0 Å². The third kappa shape index (κ3) is 2.25. The number of aliphatic hydroxyl groups is 1. The Hall–Kier alpha value is -0.460. The second-order valence-electron chi connectivity index (χ2n) is 2.76. The second-order valence-corrected chi connectivity index (χ2v) is 4.38. The van der Waals surface area contributed by atoms with Crippen LogP contribution in [0, 0.1) is 0 Å². The van der Waals surface area contributed by atoms with Gasteiger partial charge in [-0.15, -0.1) is 0 Å². The molecule has 1 aliphatic rings. The number of sulfonamides is 1. The first kappa shape index (κ1) is 8.63. The Kier molecular flexibility index (Phi) is 1.78. The molecule has 0 saturated heterocycles. The lowest BCUT2D eigenvalue weighted by atomic mass is 10.2. The molecular formula is C5H9NO4S. The van der Waals surface area contributed by atoms with Crippen LogP contribution in [-0.4, -0.2) is 30.7 Å². The Labute approximate surface area is 64.2 Å². The van der Waals surface area contributed by atoms with Gasteiger partial charge in [0.15, 0.2) is 5.78 Å². The SMILES string of the molecule is NS(=O)(=O)CC(=O)C1(O)CC1. The number of primary sulfonamides is 1. The molecule has 0 amide bonds. The first-order valence-electron chi connectivity index (χ1n) is 3.10. The van der Waals surface area contributed by atoms with Gasteiger partial charge in [0.1, 0.15) is 11.4 Å². The molecular weight excluding hydrogens is 170 g/mol. The first-order valence-corrected chi connectivity index (χ1v) is 4.81. The standard InChI is InChI=1S/C5H9NO4S/c6-11(9,10)3-4(7)5(8)1-2-5/h8H,1-3H2,(H2,6,9,10). The molecule has 1 aliphatic carbocycles. The van der Waals surface area contributed by atoms with Gasteiger partial charge in [-0.25, -0.2) is 13.6 Å². The van der Waals surface area contributed by atoms with Gasteiger partial charge in [0.05, 0.1) is 0 Å². The molecule has 0 aromatic rings. The van der Waals surface area contributed by atoms with Crippen molar-refractivity contribution in [2.75, 3.05) is 5.75 Å². The summed E-state index contributed by atoms with van der Waals surface area (Å²) in [4.78, 5) is 10.8. The van der Waals surface area contributed by atoms with Crippen LogP contribution in [0.5, 0.6) is 0 Å². The number of hydrogen-bond acceptors (Lipinski definition) is 4. The van der Waals surface area contributed by atoms with Crippen LogP contribution < -0.4 is 5.14 Å². The van der Waals surface area contributed by atoms with Gasteiger partial charge in [0.25, 0.3) is 0 Å². The lowest BCUT2D eigenvalue weighted by Gasteiger charge is -2.03. The smallest absolute Gasteiger partial charge is 0.216 e. The third-order valence-corrected chi connectivity index (χ3v) is 2.24. The number of carbonyl (C=O) groups is 1. The van der Waals surface area contributed by atoms with E-state index in [0.717, 1.165) is 0 Å². The summed E-state index contributed by atoms with van der Waals surface area (Å²) in [5.41, 5.74) is -1.38. The zero-order chi connectivity index (χ0) is 8.70. The molecule has 0 atom stereocenters. The summed E-state index contributed by atoms with van der Waals surface area (Å²) < 4.78 is 20.7. The molecule has 0 bridgehead atoms. The van der Waals surface area contributed by atoms with Crippen LogP contribution in [0.15, 0.2) is 0 Å². The molecule has 0 spiro atoms. The fourth-order valence-electron chi connectivity index (χ4n) is 0.714. The molecule has 11 heavy (non-hydrogen) atoms. The van der Waals surface area contributed by atoms with E-state index in [1.54, 1.807) is 0 Å². The van der Waals surface area contributed by atoms with Gasteiger partial charge < -0.3 is 5.11 Å². The van der Waals surface area contributed by atoms with Crippen molar-refractivity contribution in [2.45, 2.75) is 18.4 Å². The summed E-state index contributed by atoms with van der Waals surface area (Å²) >= 11 is 0. The lowest BCUT2D eigenvalue weighted by Crippen LogP contribution is -2.32. The molecule has 0 unspecified atom stereocenters. The number of Topliss-reactive ketones (excluding diaryl/α,β-unsaturated/α-hetero) is 1. The zero-order valence-electron chi connectivity index (χ0n) is 5.78. The largest absolute Gasteiger partial charge is 0.382 e. The van der Waals surface area contributed by atoms with Gasteiger partial charge in [0.2, 0.25) is 10.0 Å². The van der Waals surface area contributed by atoms with Crippen molar-refractivity contribution in [1.82, 2.24) is 0 Å². The van der Waals surface area contributed by atoms with Crippen LogP contribution in [0.2, 0.25) is 0 Å². The number of rotatable bonds is 3. The highest BCUT2D eigenvalue weighted by molar-refractivity contribution is 7.89. The van der Waals surface area contributed by atoms with E-state index in [4.69, 9.17) is 5.11 Å². The highest BCUT2D eigenvalue weighted by Gasteiger charge is 2.48. The molecule has 1 saturated carbocycles. The van der Waals surface area contributed by atoms with Gasteiger partial charge >= 0.3 is 0 Å². The van der Waals surface area contributed by atoms with Crippen molar-refractivity contribution in [3.8, 4) is 0 Å². The summed E-state index contributed by atoms with van der Waals surface area (Å²) in [7, 11) is -3.78. The van der Waals surface area contributed by atoms with E-state index in [2.05, 4.69) is 5.14 Å². The Morgan fingerprint density at radius 3 is 2.27 bits per heavy atom. The molecule has 0 heterocycles. The van der Waals surface area contributed by atoms with Crippen LogP contribution in [0.4, 0.5) is 0 Å². The molecule has 1 rings (SSSR count). The number of ketones is 1. The molecule has 6 heteroatoms. The topological polar surface area (TPSA) is 97.5 Å². The van der Waals surface area contributed by atoms with E-state index >= 15 is 0 Å². The fraction of sp³-hybridized carbons (Fsp3) is 0.800. The Morgan fingerprint density at radius 1 is 1.55 bits per heavy atom. The summed E-state index contributed by atoms with van der Waals surface area (Å²) in [6.45, 7) is 0. The lowest BCUT2D eigenvalue weighted by molar-refractivity contribution is -0.126. The number of carbonyl (C=O) groups excluding carboxylic acids is 1. The molecule has 1 fully saturated rings. The van der Waals surface area contributed by atoms with Crippen molar-refractivity contribution >= 4 is 15.8 Å². The van der Waals surface area contributed by atoms with E-state index in [1.165, 1.54) is 0 Å². The number of nitrogens with two attached hydrogens (primary N) is 1. The van der Waals surface area contributed by atoms with Crippen LogP contribution in [0.25, 0.3) is 0 Å². The minimum Gasteiger partial charge on any atom is -0.382 e. The Balaban J connectivity index is 2.59. The minimum atomic E-state index is -3.78.